The van der Waals surface area contributed by atoms with E-state index in [1.54, 1.807) is 13.8 Å². The lowest BCUT2D eigenvalue weighted by molar-refractivity contribution is -0.138. The van der Waals surface area contributed by atoms with Gasteiger partial charge in [0, 0.05) is 19.6 Å². The van der Waals surface area contributed by atoms with Crippen LogP contribution in [0.5, 0.6) is 0 Å². The van der Waals surface area contributed by atoms with Crippen molar-refractivity contribution in [2.24, 2.45) is 0 Å². The van der Waals surface area contributed by atoms with Crippen LogP contribution in [0.4, 0.5) is 4.79 Å². The lowest BCUT2D eigenvalue weighted by atomic mass is 10.2. The maximum absolute atomic E-state index is 12.3. The summed E-state index contributed by atoms with van der Waals surface area (Å²) in [7, 11) is 1.49. The molecule has 0 aromatic heterocycles. The van der Waals surface area contributed by atoms with Gasteiger partial charge in [-0.3, -0.25) is 9.59 Å². The van der Waals surface area contributed by atoms with E-state index in [0.717, 1.165) is 0 Å². The summed E-state index contributed by atoms with van der Waals surface area (Å²) in [5, 5.41) is 11.3. The third-order valence-electron chi connectivity index (χ3n) is 2.94. The zero-order chi connectivity index (χ0) is 15.0. The van der Waals surface area contributed by atoms with Crippen molar-refractivity contribution in [3.63, 3.8) is 0 Å². The summed E-state index contributed by atoms with van der Waals surface area (Å²) in [5.41, 5.74) is 0. The van der Waals surface area contributed by atoms with Gasteiger partial charge in [0.15, 0.2) is 0 Å². The number of carboxylic acid groups (broad SMARTS) is 1. The van der Waals surface area contributed by atoms with Gasteiger partial charge in [0.25, 0.3) is 0 Å². The van der Waals surface area contributed by atoms with Gasteiger partial charge in [-0.25, -0.2) is 4.79 Å². The molecule has 0 fully saturated rings. The van der Waals surface area contributed by atoms with Crippen LogP contribution in [0.3, 0.4) is 0 Å². The van der Waals surface area contributed by atoms with Crippen molar-refractivity contribution in [3.8, 4) is 0 Å². The maximum Gasteiger partial charge on any atom is 0.323 e. The van der Waals surface area contributed by atoms with E-state index in [2.05, 4.69) is 5.32 Å². The molecule has 1 atom stereocenters. The fraction of sp³-hybridized carbons (Fsp3) is 0.750. The van der Waals surface area contributed by atoms with Gasteiger partial charge in [-0.1, -0.05) is 6.92 Å². The van der Waals surface area contributed by atoms with Crippen LogP contribution in [0.2, 0.25) is 0 Å². The van der Waals surface area contributed by atoms with Gasteiger partial charge in [0.05, 0.1) is 0 Å². The molecule has 0 aromatic rings. The van der Waals surface area contributed by atoms with E-state index in [9.17, 15) is 14.4 Å². The molecule has 7 nitrogen and oxygen atoms in total. The van der Waals surface area contributed by atoms with E-state index in [-0.39, 0.29) is 25.0 Å². The summed E-state index contributed by atoms with van der Waals surface area (Å²) < 4.78 is 0. The van der Waals surface area contributed by atoms with E-state index in [1.165, 1.54) is 16.8 Å². The molecule has 0 aliphatic rings. The maximum atomic E-state index is 12.3. The summed E-state index contributed by atoms with van der Waals surface area (Å²) in [5.74, 6) is -1.35. The van der Waals surface area contributed by atoms with Crippen molar-refractivity contribution in [1.82, 2.24) is 15.1 Å². The Balaban J connectivity index is 4.92. The molecule has 7 heteroatoms. The van der Waals surface area contributed by atoms with Crippen LogP contribution >= 0.6 is 0 Å². The highest BCUT2D eigenvalue weighted by atomic mass is 16.4. The van der Waals surface area contributed by atoms with Gasteiger partial charge in [0.1, 0.15) is 13.1 Å². The third kappa shape index (κ3) is 5.58. The van der Waals surface area contributed by atoms with Gasteiger partial charge in [-0.05, 0) is 20.3 Å². The van der Waals surface area contributed by atoms with Gasteiger partial charge >= 0.3 is 12.0 Å². The minimum atomic E-state index is -1.07. The van der Waals surface area contributed by atoms with Crippen LogP contribution in [0, 0.1) is 0 Å². The number of amides is 3. The van der Waals surface area contributed by atoms with Crippen molar-refractivity contribution >= 4 is 17.9 Å². The molecule has 0 aliphatic heterocycles. The highest BCUT2D eigenvalue weighted by molar-refractivity contribution is 5.85. The Bertz CT molecular complexity index is 333. The number of carbonyl (C=O) groups is 3. The van der Waals surface area contributed by atoms with Crippen molar-refractivity contribution in [1.29, 1.82) is 0 Å². The lowest BCUT2D eigenvalue weighted by Gasteiger charge is -2.32. The summed E-state index contributed by atoms with van der Waals surface area (Å²) in [6.45, 7) is 5.32. The molecular weight excluding hydrogens is 250 g/mol. The Morgan fingerprint density at radius 1 is 1.21 bits per heavy atom. The number of rotatable bonds is 7. The van der Waals surface area contributed by atoms with Crippen LogP contribution in [0.25, 0.3) is 0 Å². The average Bonchev–Trinajstić information content (AvgIpc) is 2.39. The van der Waals surface area contributed by atoms with E-state index in [1.807, 2.05) is 6.92 Å². The molecular formula is C12H23N3O4. The first kappa shape index (κ1) is 17.2. The molecule has 0 bridgehead atoms. The number of nitrogens with zero attached hydrogens (tertiary/aromatic N) is 2. The van der Waals surface area contributed by atoms with Crippen molar-refractivity contribution < 1.29 is 19.5 Å². The van der Waals surface area contributed by atoms with E-state index < -0.39 is 12.0 Å². The number of hydrogen-bond acceptors (Lipinski definition) is 3. The fourth-order valence-corrected chi connectivity index (χ4v) is 1.53. The predicted molar refractivity (Wildman–Crippen MR) is 70.8 cm³/mol. The smallest absolute Gasteiger partial charge is 0.323 e. The molecule has 0 heterocycles. The molecule has 0 aliphatic carbocycles. The summed E-state index contributed by atoms with van der Waals surface area (Å²) >= 11 is 0. The normalized spacial score (nSPS) is 11.6. The van der Waals surface area contributed by atoms with E-state index >= 15 is 0 Å². The largest absolute Gasteiger partial charge is 0.480 e. The second-order valence-corrected chi connectivity index (χ2v) is 4.25. The van der Waals surface area contributed by atoms with Gasteiger partial charge in [-0.2, -0.15) is 0 Å². The molecule has 0 radical (unpaired) electrons. The van der Waals surface area contributed by atoms with Gasteiger partial charge < -0.3 is 20.2 Å². The fourth-order valence-electron chi connectivity index (χ4n) is 1.53. The first-order chi connectivity index (χ1) is 8.87. The zero-order valence-corrected chi connectivity index (χ0v) is 12.0. The molecule has 0 aromatic carbocycles. The molecule has 1 unspecified atom stereocenters. The molecule has 19 heavy (non-hydrogen) atoms. The zero-order valence-electron chi connectivity index (χ0n) is 12.0. The molecule has 0 spiro atoms. The number of aliphatic carboxylic acids is 1. The highest BCUT2D eigenvalue weighted by Gasteiger charge is 2.26. The highest BCUT2D eigenvalue weighted by Crippen LogP contribution is 2.08. The standard InChI is InChI=1S/C12H23N3O4/c1-5-9(3)15(8-11(17)18)12(19)14(6-2)7-10(16)13-4/h9H,5-8H2,1-4H3,(H,13,16)(H,17,18). The number of nitrogens with one attached hydrogen (secondary N) is 1. The van der Waals surface area contributed by atoms with Crippen LogP contribution in [0.1, 0.15) is 27.2 Å². The monoisotopic (exact) mass is 273 g/mol. The Labute approximate surface area is 113 Å². The average molecular weight is 273 g/mol. The van der Waals surface area contributed by atoms with Crippen LogP contribution in [-0.4, -0.2) is 65.5 Å². The Kier molecular flexibility index (Phi) is 7.55. The second kappa shape index (κ2) is 8.34. The lowest BCUT2D eigenvalue weighted by Crippen LogP contribution is -2.51. The number of hydrogen-bond donors (Lipinski definition) is 2. The van der Waals surface area contributed by atoms with Gasteiger partial charge in [-0.15, -0.1) is 0 Å². The predicted octanol–water partition coefficient (Wildman–Crippen LogP) is 0.359. The molecule has 0 rings (SSSR count). The van der Waals surface area contributed by atoms with Crippen LogP contribution < -0.4 is 5.32 Å². The number of carboxylic acids is 1. The quantitative estimate of drug-likeness (QED) is 0.700. The first-order valence-electron chi connectivity index (χ1n) is 6.35. The van der Waals surface area contributed by atoms with Crippen LogP contribution in [0.15, 0.2) is 0 Å². The molecule has 110 valence electrons. The molecule has 2 N–H and O–H groups in total. The number of likely N-dealkylation sites (N-methyl/N-ethyl adjacent to an activating group) is 2. The summed E-state index contributed by atoms with van der Waals surface area (Å²) in [6, 6.07) is -0.620. The second-order valence-electron chi connectivity index (χ2n) is 4.25. The van der Waals surface area contributed by atoms with Gasteiger partial charge in [0.2, 0.25) is 5.91 Å². The Hall–Kier alpha value is -1.79. The third-order valence-corrected chi connectivity index (χ3v) is 2.94. The Morgan fingerprint density at radius 3 is 2.16 bits per heavy atom. The summed E-state index contributed by atoms with van der Waals surface area (Å²) in [6.07, 6.45) is 0.649. The molecule has 0 saturated carbocycles. The van der Waals surface area contributed by atoms with Crippen LogP contribution in [-0.2, 0) is 9.59 Å². The molecule has 3 amide bonds. The van der Waals surface area contributed by atoms with E-state index in [4.69, 9.17) is 5.11 Å². The van der Waals surface area contributed by atoms with Crippen molar-refractivity contribution in [2.75, 3.05) is 26.7 Å². The topological polar surface area (TPSA) is 90.0 Å². The number of urea groups is 1. The Morgan fingerprint density at radius 2 is 1.79 bits per heavy atom. The number of carbonyl (C=O) groups excluding carboxylic acids is 2. The molecule has 0 saturated heterocycles. The summed E-state index contributed by atoms with van der Waals surface area (Å²) in [4.78, 5) is 37.0. The first-order valence-corrected chi connectivity index (χ1v) is 6.35. The SMILES string of the molecule is CCC(C)N(CC(=O)O)C(=O)N(CC)CC(=O)NC. The van der Waals surface area contributed by atoms with Crippen molar-refractivity contribution in [2.45, 2.75) is 33.2 Å². The van der Waals surface area contributed by atoms with E-state index in [0.29, 0.717) is 13.0 Å². The minimum Gasteiger partial charge on any atom is -0.480 e. The van der Waals surface area contributed by atoms with Crippen molar-refractivity contribution in [3.05, 3.63) is 0 Å². The minimum absolute atomic E-state index is 0.0710.